The summed E-state index contributed by atoms with van der Waals surface area (Å²) in [7, 11) is 0. The van der Waals surface area contributed by atoms with Gasteiger partial charge in [-0.25, -0.2) is 4.79 Å². The van der Waals surface area contributed by atoms with E-state index in [-0.39, 0.29) is 23.5 Å². The Morgan fingerprint density at radius 2 is 2.23 bits per heavy atom. The van der Waals surface area contributed by atoms with Gasteiger partial charge in [0.05, 0.1) is 16.8 Å². The molecule has 0 amide bonds. The largest absolute Gasteiger partial charge is 0.493 e. The van der Waals surface area contributed by atoms with Crippen LogP contribution < -0.4 is 5.69 Å². The maximum atomic E-state index is 11.7. The molecule has 3 heterocycles. The number of aromatic nitrogens is 3. The van der Waals surface area contributed by atoms with Gasteiger partial charge < -0.3 is 10.1 Å². The number of thiophene rings is 1. The first kappa shape index (κ1) is 13.3. The molecule has 0 unspecified atom stereocenters. The number of nitrogens with one attached hydrogen (secondary N) is 1. The van der Waals surface area contributed by atoms with Crippen LogP contribution in [0.1, 0.15) is 28.8 Å². The third kappa shape index (κ3) is 2.16. The molecule has 0 aliphatic heterocycles. The number of imidazole rings is 1. The molecule has 0 aromatic carbocycles. The number of pyridine rings is 1. The molecule has 5 nitrogen and oxygen atoms in total. The molecule has 4 rings (SSSR count). The maximum absolute atomic E-state index is 11.7. The highest BCUT2D eigenvalue weighted by molar-refractivity contribution is 7.15. The fourth-order valence-electron chi connectivity index (χ4n) is 2.86. The Bertz CT molecular complexity index is 875. The number of rotatable bonds is 3. The predicted octanol–water partition coefficient (Wildman–Crippen LogP) is 3.04. The van der Waals surface area contributed by atoms with Gasteiger partial charge in [0, 0.05) is 23.0 Å². The molecule has 0 bridgehead atoms. The summed E-state index contributed by atoms with van der Waals surface area (Å²) in [5.41, 5.74) is 1.82. The van der Waals surface area contributed by atoms with Crippen LogP contribution in [0.15, 0.2) is 41.5 Å². The monoisotopic (exact) mass is 313 g/mol. The molecule has 22 heavy (non-hydrogen) atoms. The number of aryl methyl sites for hydroxylation is 1. The zero-order valence-corrected chi connectivity index (χ0v) is 12.8. The molecule has 1 aliphatic carbocycles. The van der Waals surface area contributed by atoms with Gasteiger partial charge in [0.15, 0.2) is 0 Å². The third-order valence-electron chi connectivity index (χ3n) is 4.09. The van der Waals surface area contributed by atoms with Crippen molar-refractivity contribution in [3.05, 3.63) is 57.6 Å². The summed E-state index contributed by atoms with van der Waals surface area (Å²) in [6, 6.07) is 8.29. The zero-order valence-electron chi connectivity index (χ0n) is 12.0. The second-order valence-electron chi connectivity index (χ2n) is 5.62. The van der Waals surface area contributed by atoms with E-state index < -0.39 is 0 Å². The maximum Gasteiger partial charge on any atom is 0.328 e. The Morgan fingerprint density at radius 3 is 2.82 bits per heavy atom. The summed E-state index contributed by atoms with van der Waals surface area (Å²) in [6.45, 7) is 2.08. The van der Waals surface area contributed by atoms with Crippen molar-refractivity contribution in [3.8, 4) is 16.5 Å². The Labute approximate surface area is 130 Å². The molecule has 0 radical (unpaired) electrons. The van der Waals surface area contributed by atoms with Gasteiger partial charge >= 0.3 is 5.69 Å². The van der Waals surface area contributed by atoms with Crippen molar-refractivity contribution >= 4 is 11.3 Å². The van der Waals surface area contributed by atoms with Gasteiger partial charge in [-0.2, -0.15) is 0 Å². The van der Waals surface area contributed by atoms with E-state index in [1.807, 2.05) is 12.3 Å². The third-order valence-corrected chi connectivity index (χ3v) is 5.11. The van der Waals surface area contributed by atoms with Gasteiger partial charge in [0.25, 0.3) is 0 Å². The first-order chi connectivity index (χ1) is 10.6. The number of hydrogen-bond donors (Lipinski definition) is 2. The van der Waals surface area contributed by atoms with E-state index in [0.717, 1.165) is 22.6 Å². The predicted molar refractivity (Wildman–Crippen MR) is 85.4 cm³/mol. The van der Waals surface area contributed by atoms with Crippen molar-refractivity contribution in [1.82, 2.24) is 14.5 Å². The van der Waals surface area contributed by atoms with Gasteiger partial charge in [-0.15, -0.1) is 11.3 Å². The van der Waals surface area contributed by atoms with Crippen LogP contribution in [-0.4, -0.2) is 19.6 Å². The molecule has 1 fully saturated rings. The van der Waals surface area contributed by atoms with E-state index in [9.17, 15) is 9.90 Å². The van der Waals surface area contributed by atoms with Gasteiger partial charge in [-0.3, -0.25) is 9.55 Å². The second kappa shape index (κ2) is 4.84. The highest BCUT2D eigenvalue weighted by Crippen LogP contribution is 2.51. The number of aromatic hydroxyl groups is 1. The van der Waals surface area contributed by atoms with Gasteiger partial charge in [0.2, 0.25) is 5.88 Å². The van der Waals surface area contributed by atoms with Crippen molar-refractivity contribution in [1.29, 1.82) is 0 Å². The second-order valence-corrected chi connectivity index (χ2v) is 6.91. The molecule has 2 atom stereocenters. The average Bonchev–Trinajstić information content (AvgIpc) is 3.05. The minimum absolute atomic E-state index is 0.00357. The van der Waals surface area contributed by atoms with E-state index in [2.05, 4.69) is 35.1 Å². The molecule has 1 saturated carbocycles. The lowest BCUT2D eigenvalue weighted by Crippen LogP contribution is -2.15. The van der Waals surface area contributed by atoms with E-state index in [0.29, 0.717) is 0 Å². The van der Waals surface area contributed by atoms with E-state index >= 15 is 0 Å². The fraction of sp³-hybridized carbons (Fsp3) is 0.250. The van der Waals surface area contributed by atoms with Crippen LogP contribution in [0.2, 0.25) is 0 Å². The molecule has 0 spiro atoms. The SMILES string of the molecule is Cc1ccc(-c2ccc([C@@H]3C[C@H]3n3c(O)c[nH]c3=O)cn2)s1. The Balaban J connectivity index is 1.57. The number of hydrogen-bond acceptors (Lipinski definition) is 4. The molecular weight excluding hydrogens is 298 g/mol. The Morgan fingerprint density at radius 1 is 1.36 bits per heavy atom. The van der Waals surface area contributed by atoms with Crippen LogP contribution in [0.4, 0.5) is 0 Å². The topological polar surface area (TPSA) is 70.9 Å². The zero-order chi connectivity index (χ0) is 15.3. The quantitative estimate of drug-likeness (QED) is 0.780. The summed E-state index contributed by atoms with van der Waals surface area (Å²) in [6.07, 6.45) is 4.06. The van der Waals surface area contributed by atoms with Crippen LogP contribution in [-0.2, 0) is 0 Å². The molecule has 112 valence electrons. The molecule has 3 aromatic rings. The number of H-pyrrole nitrogens is 1. The lowest BCUT2D eigenvalue weighted by atomic mass is 10.1. The molecule has 0 saturated heterocycles. The fourth-order valence-corrected chi connectivity index (χ4v) is 3.70. The molecule has 6 heteroatoms. The summed E-state index contributed by atoms with van der Waals surface area (Å²) >= 11 is 1.73. The lowest BCUT2D eigenvalue weighted by molar-refractivity contribution is 0.413. The average molecular weight is 313 g/mol. The molecule has 3 aromatic heterocycles. The van der Waals surface area contributed by atoms with E-state index in [1.54, 1.807) is 11.3 Å². The number of aromatic amines is 1. The molecular formula is C16H15N3O2S. The lowest BCUT2D eigenvalue weighted by Gasteiger charge is -2.03. The molecule has 1 aliphatic rings. The van der Waals surface area contributed by atoms with Crippen LogP contribution in [0.3, 0.4) is 0 Å². The standard InChI is InChI=1S/C16H15N3O2S/c1-9-2-5-14(22-9)12-4-3-10(7-17-12)11-6-13(11)19-15(20)8-18-16(19)21/h2-5,7-8,11,13,20H,6H2,1H3,(H,18,21)/t11-,13+/m0/s1. The van der Waals surface area contributed by atoms with Crippen molar-refractivity contribution in [3.63, 3.8) is 0 Å². The molecule has 2 N–H and O–H groups in total. The minimum atomic E-state index is -0.261. The Hall–Kier alpha value is -2.34. The highest BCUT2D eigenvalue weighted by Gasteiger charge is 2.42. The number of nitrogens with zero attached hydrogens (tertiary/aromatic N) is 2. The summed E-state index contributed by atoms with van der Waals surface area (Å²) < 4.78 is 1.42. The van der Waals surface area contributed by atoms with Gasteiger partial charge in [0.1, 0.15) is 0 Å². The smallest absolute Gasteiger partial charge is 0.328 e. The first-order valence-electron chi connectivity index (χ1n) is 7.15. The van der Waals surface area contributed by atoms with Gasteiger partial charge in [-0.1, -0.05) is 6.07 Å². The van der Waals surface area contributed by atoms with Crippen LogP contribution in [0.5, 0.6) is 5.88 Å². The van der Waals surface area contributed by atoms with E-state index in [1.165, 1.54) is 15.6 Å². The van der Waals surface area contributed by atoms with Crippen LogP contribution >= 0.6 is 11.3 Å². The van der Waals surface area contributed by atoms with Crippen molar-refractivity contribution in [2.24, 2.45) is 0 Å². The highest BCUT2D eigenvalue weighted by atomic mass is 32.1. The van der Waals surface area contributed by atoms with Crippen LogP contribution in [0.25, 0.3) is 10.6 Å². The van der Waals surface area contributed by atoms with Crippen LogP contribution in [0, 0.1) is 6.92 Å². The summed E-state index contributed by atoms with van der Waals surface area (Å²) in [5.74, 6) is 0.238. The van der Waals surface area contributed by atoms with Crippen molar-refractivity contribution in [2.75, 3.05) is 0 Å². The van der Waals surface area contributed by atoms with E-state index in [4.69, 9.17) is 0 Å². The Kier molecular flexibility index (Phi) is 2.94. The first-order valence-corrected chi connectivity index (χ1v) is 7.97. The summed E-state index contributed by atoms with van der Waals surface area (Å²) in [4.78, 5) is 21.1. The van der Waals surface area contributed by atoms with Gasteiger partial charge in [-0.05, 0) is 37.1 Å². The minimum Gasteiger partial charge on any atom is -0.493 e. The normalized spacial score (nSPS) is 20.2. The van der Waals surface area contributed by atoms with Crippen molar-refractivity contribution < 1.29 is 5.11 Å². The summed E-state index contributed by atoms with van der Waals surface area (Å²) in [5, 5.41) is 9.72. The van der Waals surface area contributed by atoms with Crippen molar-refractivity contribution in [2.45, 2.75) is 25.3 Å².